The highest BCUT2D eigenvalue weighted by Crippen LogP contribution is 2.53. The third-order valence-corrected chi connectivity index (χ3v) is 4.53. The van der Waals surface area contributed by atoms with Crippen molar-refractivity contribution in [2.75, 3.05) is 13.2 Å². The maximum Gasteiger partial charge on any atom is 0.340 e. The average Bonchev–Trinajstić information content (AvgIpc) is 2.17. The molecule has 1 unspecified atom stereocenters. The summed E-state index contributed by atoms with van der Waals surface area (Å²) in [4.78, 5) is 11.6. The van der Waals surface area contributed by atoms with Crippen LogP contribution in [0.15, 0.2) is 0 Å². The van der Waals surface area contributed by atoms with Crippen LogP contribution in [-0.4, -0.2) is 24.7 Å². The first-order valence-corrected chi connectivity index (χ1v) is 7.04. The van der Waals surface area contributed by atoms with E-state index in [-0.39, 0.29) is 5.78 Å². The molecule has 0 saturated carbocycles. The van der Waals surface area contributed by atoms with E-state index in [1.54, 1.807) is 20.8 Å². The fraction of sp³-hybridized carbons (Fsp3) is 0.900. The second-order valence-corrected chi connectivity index (χ2v) is 5.64. The molecular formula is C10H21O4P. The Balaban J connectivity index is 4.60. The Morgan fingerprint density at radius 3 is 2.00 bits per heavy atom. The summed E-state index contributed by atoms with van der Waals surface area (Å²) in [5, 5.41) is 0. The second kappa shape index (κ2) is 7.15. The highest BCUT2D eigenvalue weighted by Gasteiger charge is 2.36. The van der Waals surface area contributed by atoms with E-state index < -0.39 is 13.3 Å². The van der Waals surface area contributed by atoms with E-state index in [0.29, 0.717) is 19.6 Å². The lowest BCUT2D eigenvalue weighted by molar-refractivity contribution is -0.118. The zero-order valence-corrected chi connectivity index (χ0v) is 10.9. The molecule has 0 saturated heterocycles. The summed E-state index contributed by atoms with van der Waals surface area (Å²) < 4.78 is 22.4. The van der Waals surface area contributed by atoms with Gasteiger partial charge in [0.05, 0.1) is 13.2 Å². The number of rotatable bonds is 8. The summed E-state index contributed by atoms with van der Waals surface area (Å²) in [5.74, 6) is -0.0530. The van der Waals surface area contributed by atoms with Crippen LogP contribution in [0.25, 0.3) is 0 Å². The minimum absolute atomic E-state index is 0.0530. The molecule has 0 aromatic heterocycles. The molecular weight excluding hydrogens is 215 g/mol. The number of hydrogen-bond donors (Lipinski definition) is 0. The molecule has 90 valence electrons. The van der Waals surface area contributed by atoms with Crippen molar-refractivity contribution in [3.8, 4) is 0 Å². The Hall–Kier alpha value is -0.180. The molecule has 0 heterocycles. The summed E-state index contributed by atoms with van der Waals surface area (Å²) in [6.45, 7) is 7.59. The van der Waals surface area contributed by atoms with Crippen molar-refractivity contribution in [2.24, 2.45) is 0 Å². The van der Waals surface area contributed by atoms with E-state index in [9.17, 15) is 9.36 Å². The number of Topliss-reactive ketones (excluding diaryl/α,β-unsaturated/α-hetero) is 1. The molecule has 0 amide bonds. The highest BCUT2D eigenvalue weighted by atomic mass is 31.2. The summed E-state index contributed by atoms with van der Waals surface area (Å²) >= 11 is 0. The molecule has 4 nitrogen and oxygen atoms in total. The maximum absolute atomic E-state index is 12.2. The van der Waals surface area contributed by atoms with Gasteiger partial charge in [-0.1, -0.05) is 6.92 Å². The highest BCUT2D eigenvalue weighted by molar-refractivity contribution is 7.55. The Kier molecular flexibility index (Phi) is 7.07. The molecule has 0 rings (SSSR count). The normalized spacial score (nSPS) is 13.9. The number of carbonyl (C=O) groups is 1. The third-order valence-electron chi connectivity index (χ3n) is 2.05. The molecule has 1 atom stereocenters. The zero-order valence-electron chi connectivity index (χ0n) is 9.99. The largest absolute Gasteiger partial charge is 0.340 e. The van der Waals surface area contributed by atoms with Crippen LogP contribution in [0.2, 0.25) is 0 Å². The van der Waals surface area contributed by atoms with E-state index in [0.717, 1.165) is 6.42 Å². The van der Waals surface area contributed by atoms with Crippen LogP contribution in [0.5, 0.6) is 0 Å². The first kappa shape index (κ1) is 14.8. The summed E-state index contributed by atoms with van der Waals surface area (Å²) in [7, 11) is -3.25. The quantitative estimate of drug-likeness (QED) is 0.608. The van der Waals surface area contributed by atoms with Crippen molar-refractivity contribution in [2.45, 2.75) is 46.2 Å². The van der Waals surface area contributed by atoms with E-state index in [1.807, 2.05) is 6.92 Å². The third kappa shape index (κ3) is 4.45. The lowest BCUT2D eigenvalue weighted by Crippen LogP contribution is -2.20. The topological polar surface area (TPSA) is 52.6 Å². The molecule has 0 aliphatic carbocycles. The van der Waals surface area contributed by atoms with Gasteiger partial charge in [0.1, 0.15) is 11.4 Å². The Labute approximate surface area is 91.9 Å². The van der Waals surface area contributed by atoms with Crippen LogP contribution in [0, 0.1) is 0 Å². The molecule has 5 heteroatoms. The first-order chi connectivity index (χ1) is 7.01. The molecule has 0 bridgehead atoms. The van der Waals surface area contributed by atoms with Gasteiger partial charge in [-0.15, -0.1) is 0 Å². The minimum atomic E-state index is -3.25. The maximum atomic E-state index is 12.2. The standard InChI is InChI=1S/C10H21O4P/c1-5-8-10(11)9(4)15(12,13-6-2)14-7-3/h9H,5-8H2,1-4H3. The van der Waals surface area contributed by atoms with Crippen molar-refractivity contribution < 1.29 is 18.4 Å². The monoisotopic (exact) mass is 236 g/mol. The van der Waals surface area contributed by atoms with E-state index in [2.05, 4.69) is 0 Å². The van der Waals surface area contributed by atoms with Gasteiger partial charge in [0, 0.05) is 6.42 Å². The van der Waals surface area contributed by atoms with Gasteiger partial charge in [0.2, 0.25) is 0 Å². The summed E-state index contributed by atoms with van der Waals surface area (Å²) in [6.07, 6.45) is 1.17. The fourth-order valence-electron chi connectivity index (χ4n) is 1.25. The smallest absolute Gasteiger partial charge is 0.308 e. The molecule has 0 fully saturated rings. The summed E-state index contributed by atoms with van der Waals surface area (Å²) in [5.41, 5.74) is -0.655. The predicted molar refractivity (Wildman–Crippen MR) is 60.2 cm³/mol. The van der Waals surface area contributed by atoms with Gasteiger partial charge >= 0.3 is 7.60 Å². The molecule has 0 N–H and O–H groups in total. The van der Waals surface area contributed by atoms with Gasteiger partial charge in [-0.3, -0.25) is 9.36 Å². The Morgan fingerprint density at radius 1 is 1.20 bits per heavy atom. The number of hydrogen-bond acceptors (Lipinski definition) is 4. The number of carbonyl (C=O) groups excluding carboxylic acids is 1. The Bertz CT molecular complexity index is 230. The van der Waals surface area contributed by atoms with Crippen molar-refractivity contribution >= 4 is 13.4 Å². The van der Waals surface area contributed by atoms with Gasteiger partial charge in [0.15, 0.2) is 0 Å². The van der Waals surface area contributed by atoms with Crippen molar-refractivity contribution in [3.05, 3.63) is 0 Å². The molecule has 15 heavy (non-hydrogen) atoms. The van der Waals surface area contributed by atoms with Gasteiger partial charge < -0.3 is 9.05 Å². The number of ketones is 1. The van der Waals surface area contributed by atoms with Crippen molar-refractivity contribution in [1.29, 1.82) is 0 Å². The van der Waals surface area contributed by atoms with Crippen LogP contribution in [0.4, 0.5) is 0 Å². The van der Waals surface area contributed by atoms with E-state index in [4.69, 9.17) is 9.05 Å². The van der Waals surface area contributed by atoms with Crippen molar-refractivity contribution in [3.63, 3.8) is 0 Å². The van der Waals surface area contributed by atoms with Crippen LogP contribution in [0.3, 0.4) is 0 Å². The molecule has 0 aromatic rings. The minimum Gasteiger partial charge on any atom is -0.308 e. The van der Waals surface area contributed by atoms with Gasteiger partial charge in [0.25, 0.3) is 0 Å². The SMILES string of the molecule is CCCC(=O)C(C)P(=O)(OCC)OCC. The van der Waals surface area contributed by atoms with Gasteiger partial charge in [-0.05, 0) is 27.2 Å². The molecule has 0 spiro atoms. The first-order valence-electron chi connectivity index (χ1n) is 5.43. The van der Waals surface area contributed by atoms with Gasteiger partial charge in [-0.2, -0.15) is 0 Å². The zero-order chi connectivity index (χ0) is 11.9. The molecule has 0 radical (unpaired) electrons. The molecule has 0 aliphatic rings. The second-order valence-electron chi connectivity index (χ2n) is 3.27. The molecule has 0 aliphatic heterocycles. The van der Waals surface area contributed by atoms with Crippen LogP contribution >= 0.6 is 7.60 Å². The van der Waals surface area contributed by atoms with Gasteiger partial charge in [-0.25, -0.2) is 0 Å². The van der Waals surface area contributed by atoms with Crippen LogP contribution < -0.4 is 0 Å². The van der Waals surface area contributed by atoms with E-state index >= 15 is 0 Å². The fourth-order valence-corrected chi connectivity index (χ4v) is 2.98. The predicted octanol–water partition coefficient (Wildman–Crippen LogP) is 3.01. The van der Waals surface area contributed by atoms with Crippen LogP contribution in [0.1, 0.15) is 40.5 Å². The lowest BCUT2D eigenvalue weighted by atomic mass is 10.2. The Morgan fingerprint density at radius 2 is 1.67 bits per heavy atom. The van der Waals surface area contributed by atoms with E-state index in [1.165, 1.54) is 0 Å². The molecule has 0 aromatic carbocycles. The lowest BCUT2D eigenvalue weighted by Gasteiger charge is -2.22. The van der Waals surface area contributed by atoms with Crippen molar-refractivity contribution in [1.82, 2.24) is 0 Å². The summed E-state index contributed by atoms with van der Waals surface area (Å²) in [6, 6.07) is 0. The average molecular weight is 236 g/mol. The van der Waals surface area contributed by atoms with Crippen LogP contribution in [-0.2, 0) is 18.4 Å².